The molecule has 0 aliphatic heterocycles. The Labute approximate surface area is 168 Å². The summed E-state index contributed by atoms with van der Waals surface area (Å²) in [5.74, 6) is 1.43. The minimum absolute atomic E-state index is 0.198. The van der Waals surface area contributed by atoms with Gasteiger partial charge in [-0.3, -0.25) is 0 Å². The van der Waals surface area contributed by atoms with Gasteiger partial charge in [0, 0.05) is 24.0 Å². The summed E-state index contributed by atoms with van der Waals surface area (Å²) in [5.41, 5.74) is 1.43. The highest BCUT2D eigenvalue weighted by Gasteiger charge is 2.23. The van der Waals surface area contributed by atoms with Gasteiger partial charge in [-0.05, 0) is 29.6 Å². The maximum Gasteiger partial charge on any atom is 0.246 e. The highest BCUT2D eigenvalue weighted by atomic mass is 32.2. The molecule has 3 rings (SSSR count). The smallest absolute Gasteiger partial charge is 0.246 e. The van der Waals surface area contributed by atoms with E-state index >= 15 is 0 Å². The summed E-state index contributed by atoms with van der Waals surface area (Å²) in [5, 5.41) is 11.0. The van der Waals surface area contributed by atoms with Gasteiger partial charge in [-0.1, -0.05) is 19.0 Å². The second-order valence-corrected chi connectivity index (χ2v) is 8.55. The Morgan fingerprint density at radius 3 is 2.68 bits per heavy atom. The van der Waals surface area contributed by atoms with Gasteiger partial charge < -0.3 is 14.6 Å². The molecule has 0 atom stereocenters. The first-order valence-electron chi connectivity index (χ1n) is 8.76. The molecule has 0 bridgehead atoms. The van der Waals surface area contributed by atoms with Crippen LogP contribution in [0.3, 0.4) is 0 Å². The SMILES string of the molecule is CCN(CC)S(=O)(=O)c1ccc(OC)c(NCc2nc(-c3ccsc3)no2)c1. The van der Waals surface area contributed by atoms with Crippen molar-refractivity contribution in [1.29, 1.82) is 0 Å². The fourth-order valence-electron chi connectivity index (χ4n) is 2.70. The molecular formula is C18H22N4O4S2. The molecule has 2 heterocycles. The van der Waals surface area contributed by atoms with Crippen molar-refractivity contribution in [2.75, 3.05) is 25.5 Å². The van der Waals surface area contributed by atoms with Crippen LogP contribution in [0.2, 0.25) is 0 Å². The fourth-order valence-corrected chi connectivity index (χ4v) is 4.82. The van der Waals surface area contributed by atoms with Crippen LogP contribution in [0.15, 0.2) is 44.4 Å². The molecule has 1 N–H and O–H groups in total. The molecular weight excluding hydrogens is 400 g/mol. The Bertz CT molecular complexity index is 1010. The summed E-state index contributed by atoms with van der Waals surface area (Å²) in [7, 11) is -2.04. The third-order valence-electron chi connectivity index (χ3n) is 4.19. The molecule has 10 heteroatoms. The van der Waals surface area contributed by atoms with Crippen molar-refractivity contribution in [3.63, 3.8) is 0 Å². The van der Waals surface area contributed by atoms with Gasteiger partial charge in [0.1, 0.15) is 5.75 Å². The number of thiophene rings is 1. The Balaban J connectivity index is 1.81. The molecule has 0 unspecified atom stereocenters. The predicted molar refractivity (Wildman–Crippen MR) is 108 cm³/mol. The summed E-state index contributed by atoms with van der Waals surface area (Å²) in [6.45, 7) is 4.67. The number of hydrogen-bond acceptors (Lipinski definition) is 8. The molecule has 0 fully saturated rings. The van der Waals surface area contributed by atoms with Gasteiger partial charge in [0.25, 0.3) is 0 Å². The van der Waals surface area contributed by atoms with Crippen LogP contribution >= 0.6 is 11.3 Å². The molecule has 150 valence electrons. The van der Waals surface area contributed by atoms with Crippen LogP contribution in [-0.4, -0.2) is 43.1 Å². The topological polar surface area (TPSA) is 97.6 Å². The Morgan fingerprint density at radius 2 is 2.04 bits per heavy atom. The summed E-state index contributed by atoms with van der Waals surface area (Å²) < 4.78 is 37.6. The first-order chi connectivity index (χ1) is 13.5. The summed E-state index contributed by atoms with van der Waals surface area (Å²) >= 11 is 1.55. The van der Waals surface area contributed by atoms with Gasteiger partial charge in [-0.2, -0.15) is 20.6 Å². The quantitative estimate of drug-likeness (QED) is 0.564. The van der Waals surface area contributed by atoms with E-state index in [1.54, 1.807) is 29.5 Å². The van der Waals surface area contributed by atoms with Crippen molar-refractivity contribution in [1.82, 2.24) is 14.4 Å². The van der Waals surface area contributed by atoms with Crippen LogP contribution in [0.25, 0.3) is 11.4 Å². The molecule has 0 amide bonds. The van der Waals surface area contributed by atoms with Gasteiger partial charge >= 0.3 is 0 Å². The third kappa shape index (κ3) is 4.18. The van der Waals surface area contributed by atoms with E-state index in [4.69, 9.17) is 9.26 Å². The molecule has 0 saturated carbocycles. The minimum Gasteiger partial charge on any atom is -0.495 e. The fraction of sp³-hybridized carbons (Fsp3) is 0.333. The maximum atomic E-state index is 12.8. The average Bonchev–Trinajstić information content (AvgIpc) is 3.38. The molecule has 0 radical (unpaired) electrons. The number of sulfonamides is 1. The van der Waals surface area contributed by atoms with Crippen LogP contribution in [0.5, 0.6) is 5.75 Å². The van der Waals surface area contributed by atoms with E-state index < -0.39 is 10.0 Å². The number of nitrogens with zero attached hydrogens (tertiary/aromatic N) is 3. The van der Waals surface area contributed by atoms with Crippen LogP contribution in [0.4, 0.5) is 5.69 Å². The van der Waals surface area contributed by atoms with E-state index in [2.05, 4.69) is 15.5 Å². The number of aromatic nitrogens is 2. The second kappa shape index (κ2) is 8.72. The molecule has 1 aromatic carbocycles. The van der Waals surface area contributed by atoms with Crippen molar-refractivity contribution < 1.29 is 17.7 Å². The Hall–Kier alpha value is -2.43. The highest BCUT2D eigenvalue weighted by Crippen LogP contribution is 2.29. The minimum atomic E-state index is -3.57. The monoisotopic (exact) mass is 422 g/mol. The van der Waals surface area contributed by atoms with E-state index in [-0.39, 0.29) is 11.4 Å². The zero-order chi connectivity index (χ0) is 20.1. The molecule has 0 aliphatic carbocycles. The van der Waals surface area contributed by atoms with Crippen molar-refractivity contribution in [2.24, 2.45) is 0 Å². The van der Waals surface area contributed by atoms with Gasteiger partial charge in [0.15, 0.2) is 0 Å². The lowest BCUT2D eigenvalue weighted by Gasteiger charge is -2.19. The zero-order valence-electron chi connectivity index (χ0n) is 15.9. The molecule has 0 aliphatic rings. The second-order valence-electron chi connectivity index (χ2n) is 5.83. The highest BCUT2D eigenvalue weighted by molar-refractivity contribution is 7.89. The van der Waals surface area contributed by atoms with Crippen LogP contribution < -0.4 is 10.1 Å². The summed E-state index contributed by atoms with van der Waals surface area (Å²) in [4.78, 5) is 4.55. The van der Waals surface area contributed by atoms with Crippen molar-refractivity contribution in [3.8, 4) is 17.1 Å². The summed E-state index contributed by atoms with van der Waals surface area (Å²) in [6, 6.07) is 6.64. The number of ether oxygens (including phenoxy) is 1. The van der Waals surface area contributed by atoms with Crippen LogP contribution in [0, 0.1) is 0 Å². The lowest BCUT2D eigenvalue weighted by atomic mass is 10.3. The van der Waals surface area contributed by atoms with Crippen molar-refractivity contribution in [3.05, 3.63) is 40.9 Å². The van der Waals surface area contributed by atoms with E-state index in [0.29, 0.717) is 36.2 Å². The summed E-state index contributed by atoms with van der Waals surface area (Å²) in [6.07, 6.45) is 0. The van der Waals surface area contributed by atoms with E-state index in [1.165, 1.54) is 11.4 Å². The van der Waals surface area contributed by atoms with E-state index in [1.807, 2.05) is 30.7 Å². The zero-order valence-corrected chi connectivity index (χ0v) is 17.5. The molecule has 3 aromatic rings. The normalized spacial score (nSPS) is 11.7. The largest absolute Gasteiger partial charge is 0.495 e. The number of anilines is 1. The first-order valence-corrected chi connectivity index (χ1v) is 11.1. The molecule has 2 aromatic heterocycles. The molecule has 0 saturated heterocycles. The lowest BCUT2D eigenvalue weighted by Crippen LogP contribution is -2.30. The van der Waals surface area contributed by atoms with Gasteiger partial charge in [0.05, 0.1) is 24.2 Å². The van der Waals surface area contributed by atoms with E-state index in [0.717, 1.165) is 5.56 Å². The number of rotatable bonds is 9. The van der Waals surface area contributed by atoms with E-state index in [9.17, 15) is 8.42 Å². The predicted octanol–water partition coefficient (Wildman–Crippen LogP) is 3.45. The van der Waals surface area contributed by atoms with Crippen molar-refractivity contribution in [2.45, 2.75) is 25.3 Å². The molecule has 0 spiro atoms. The number of methoxy groups -OCH3 is 1. The number of benzene rings is 1. The van der Waals surface area contributed by atoms with Gasteiger partial charge in [-0.15, -0.1) is 0 Å². The molecule has 8 nitrogen and oxygen atoms in total. The number of hydrogen-bond donors (Lipinski definition) is 1. The molecule has 28 heavy (non-hydrogen) atoms. The van der Waals surface area contributed by atoms with Crippen LogP contribution in [-0.2, 0) is 16.6 Å². The van der Waals surface area contributed by atoms with Gasteiger partial charge in [0.2, 0.25) is 21.7 Å². The Morgan fingerprint density at radius 1 is 1.25 bits per heavy atom. The average molecular weight is 423 g/mol. The standard InChI is InChI=1S/C18H22N4O4S2/c1-4-22(5-2)28(23,24)14-6-7-16(25-3)15(10-14)19-11-17-20-18(21-26-17)13-8-9-27-12-13/h6-10,12,19H,4-5,11H2,1-3H3. The number of nitrogens with one attached hydrogen (secondary N) is 1. The maximum absolute atomic E-state index is 12.8. The third-order valence-corrected chi connectivity index (χ3v) is 6.92. The lowest BCUT2D eigenvalue weighted by molar-refractivity contribution is 0.383. The Kier molecular flexibility index (Phi) is 6.32. The first kappa shape index (κ1) is 20.3. The van der Waals surface area contributed by atoms with Crippen LogP contribution in [0.1, 0.15) is 19.7 Å². The van der Waals surface area contributed by atoms with Gasteiger partial charge in [-0.25, -0.2) is 8.42 Å². The van der Waals surface area contributed by atoms with Crippen molar-refractivity contribution >= 4 is 27.0 Å².